The van der Waals surface area contributed by atoms with Crippen molar-refractivity contribution < 1.29 is 9.59 Å². The molecule has 0 aromatic rings. The maximum absolute atomic E-state index is 12.9. The minimum absolute atomic E-state index is 0.0739. The summed E-state index contributed by atoms with van der Waals surface area (Å²) >= 11 is 0. The molecule has 2 fully saturated rings. The molecule has 2 saturated heterocycles. The molecular formula is C15H27N3O2. The molecular weight excluding hydrogens is 254 g/mol. The lowest BCUT2D eigenvalue weighted by Crippen LogP contribution is -2.55. The highest BCUT2D eigenvalue weighted by atomic mass is 16.2. The SMILES string of the molecule is CCC1CN2CC(CC(C)C)(NC)C(=O)N2C1C(C)=O. The third-order valence-corrected chi connectivity index (χ3v) is 4.71. The van der Waals surface area contributed by atoms with Gasteiger partial charge in [0.1, 0.15) is 11.6 Å². The largest absolute Gasteiger partial charge is 0.305 e. The summed E-state index contributed by atoms with van der Waals surface area (Å²) < 4.78 is 0. The van der Waals surface area contributed by atoms with E-state index in [0.717, 1.165) is 19.4 Å². The van der Waals surface area contributed by atoms with Gasteiger partial charge >= 0.3 is 0 Å². The Morgan fingerprint density at radius 2 is 2.15 bits per heavy atom. The maximum Gasteiger partial charge on any atom is 0.259 e. The van der Waals surface area contributed by atoms with E-state index in [1.54, 1.807) is 11.9 Å². The van der Waals surface area contributed by atoms with E-state index in [2.05, 4.69) is 31.1 Å². The van der Waals surface area contributed by atoms with Crippen molar-refractivity contribution in [3.8, 4) is 0 Å². The molecule has 0 saturated carbocycles. The molecule has 1 N–H and O–H groups in total. The van der Waals surface area contributed by atoms with Crippen LogP contribution in [-0.2, 0) is 9.59 Å². The van der Waals surface area contributed by atoms with Crippen molar-refractivity contribution in [1.82, 2.24) is 15.3 Å². The molecule has 0 aromatic heterocycles. The molecule has 0 aliphatic carbocycles. The Balaban J connectivity index is 2.29. The number of hydrogen-bond donors (Lipinski definition) is 1. The Morgan fingerprint density at radius 3 is 2.60 bits per heavy atom. The molecule has 2 aliphatic rings. The first-order chi connectivity index (χ1) is 9.36. The van der Waals surface area contributed by atoms with Crippen LogP contribution >= 0.6 is 0 Å². The summed E-state index contributed by atoms with van der Waals surface area (Å²) in [4.78, 5) is 24.9. The number of nitrogens with zero attached hydrogens (tertiary/aromatic N) is 2. The Morgan fingerprint density at radius 1 is 1.50 bits per heavy atom. The zero-order valence-electron chi connectivity index (χ0n) is 13.3. The van der Waals surface area contributed by atoms with Crippen molar-refractivity contribution in [3.63, 3.8) is 0 Å². The van der Waals surface area contributed by atoms with Gasteiger partial charge < -0.3 is 5.32 Å². The number of carbonyl (C=O) groups is 2. The lowest BCUT2D eigenvalue weighted by atomic mass is 9.86. The van der Waals surface area contributed by atoms with Crippen molar-refractivity contribution >= 4 is 11.7 Å². The van der Waals surface area contributed by atoms with Gasteiger partial charge in [-0.3, -0.25) is 14.6 Å². The van der Waals surface area contributed by atoms with E-state index in [1.165, 1.54) is 0 Å². The van der Waals surface area contributed by atoms with Crippen LogP contribution in [-0.4, -0.2) is 53.4 Å². The Hall–Kier alpha value is -0.940. The number of carbonyl (C=O) groups excluding carboxylic acids is 2. The number of fused-ring (bicyclic) bond motifs is 1. The summed E-state index contributed by atoms with van der Waals surface area (Å²) in [6.45, 7) is 9.44. The quantitative estimate of drug-likeness (QED) is 0.818. The van der Waals surface area contributed by atoms with E-state index in [9.17, 15) is 9.59 Å². The normalized spacial score (nSPS) is 34.1. The monoisotopic (exact) mass is 281 g/mol. The number of likely N-dealkylation sites (N-methyl/N-ethyl adjacent to an activating group) is 1. The van der Waals surface area contributed by atoms with Crippen LogP contribution in [0.4, 0.5) is 0 Å². The number of hydrogen-bond acceptors (Lipinski definition) is 4. The third-order valence-electron chi connectivity index (χ3n) is 4.71. The fourth-order valence-corrected chi connectivity index (χ4v) is 3.82. The predicted octanol–water partition coefficient (Wildman–Crippen LogP) is 1.05. The summed E-state index contributed by atoms with van der Waals surface area (Å²) in [5.41, 5.74) is -0.527. The predicted molar refractivity (Wildman–Crippen MR) is 77.9 cm³/mol. The number of hydrazine groups is 1. The van der Waals surface area contributed by atoms with Crippen molar-refractivity contribution in [2.45, 2.75) is 52.1 Å². The molecule has 0 spiro atoms. The molecule has 5 heteroatoms. The molecule has 0 radical (unpaired) electrons. The van der Waals surface area contributed by atoms with Gasteiger partial charge in [0.25, 0.3) is 5.91 Å². The van der Waals surface area contributed by atoms with E-state index in [1.807, 2.05) is 7.05 Å². The van der Waals surface area contributed by atoms with Crippen LogP contribution < -0.4 is 5.32 Å². The van der Waals surface area contributed by atoms with Gasteiger partial charge in [-0.25, -0.2) is 5.01 Å². The topological polar surface area (TPSA) is 52.7 Å². The van der Waals surface area contributed by atoms with E-state index in [-0.39, 0.29) is 23.7 Å². The molecule has 5 nitrogen and oxygen atoms in total. The van der Waals surface area contributed by atoms with E-state index >= 15 is 0 Å². The third kappa shape index (κ3) is 2.27. The maximum atomic E-state index is 12.9. The summed E-state index contributed by atoms with van der Waals surface area (Å²) in [6.07, 6.45) is 1.73. The second-order valence-corrected chi connectivity index (χ2v) is 6.65. The van der Waals surface area contributed by atoms with Crippen LogP contribution in [0.2, 0.25) is 0 Å². The molecule has 1 amide bonds. The molecule has 2 heterocycles. The molecule has 0 bridgehead atoms. The molecule has 2 rings (SSSR count). The Kier molecular flexibility index (Phi) is 4.21. The van der Waals surface area contributed by atoms with E-state index in [4.69, 9.17) is 0 Å². The standard InChI is InChI=1S/C15H27N3O2/c1-6-12-8-17-9-15(16-5,7-10(2)3)14(20)18(17)13(12)11(4)19/h10,12-13,16H,6-9H2,1-5H3. The lowest BCUT2D eigenvalue weighted by Gasteiger charge is -2.30. The first-order valence-corrected chi connectivity index (χ1v) is 7.64. The first-order valence-electron chi connectivity index (χ1n) is 7.64. The zero-order valence-corrected chi connectivity index (χ0v) is 13.3. The van der Waals surface area contributed by atoms with Crippen molar-refractivity contribution in [2.75, 3.05) is 20.1 Å². The highest BCUT2D eigenvalue weighted by Gasteiger charge is 2.57. The second kappa shape index (κ2) is 5.45. The summed E-state index contributed by atoms with van der Waals surface area (Å²) in [5, 5.41) is 7.07. The Bertz CT molecular complexity index is 410. The van der Waals surface area contributed by atoms with Crippen LogP contribution in [0.1, 0.15) is 40.5 Å². The van der Waals surface area contributed by atoms with Crippen molar-refractivity contribution in [3.05, 3.63) is 0 Å². The summed E-state index contributed by atoms with van der Waals surface area (Å²) in [6, 6.07) is -0.269. The number of Topliss-reactive ketones (excluding diaryl/α,β-unsaturated/α-hetero) is 1. The molecule has 0 aromatic carbocycles. The first kappa shape index (κ1) is 15.4. The highest BCUT2D eigenvalue weighted by molar-refractivity contribution is 5.94. The molecule has 114 valence electrons. The van der Waals surface area contributed by atoms with Gasteiger partial charge in [0.05, 0.1) is 0 Å². The molecule has 3 atom stereocenters. The van der Waals surface area contributed by atoms with Gasteiger partial charge in [-0.05, 0) is 32.7 Å². The summed E-state index contributed by atoms with van der Waals surface area (Å²) in [7, 11) is 1.85. The minimum atomic E-state index is -0.527. The average Bonchev–Trinajstić information content (AvgIpc) is 2.85. The molecule has 20 heavy (non-hydrogen) atoms. The molecule has 2 aliphatic heterocycles. The smallest absolute Gasteiger partial charge is 0.259 e. The van der Waals surface area contributed by atoms with Crippen LogP contribution in [0.15, 0.2) is 0 Å². The fraction of sp³-hybridized carbons (Fsp3) is 0.867. The number of nitrogens with one attached hydrogen (secondary N) is 1. The second-order valence-electron chi connectivity index (χ2n) is 6.65. The van der Waals surface area contributed by atoms with Crippen LogP contribution in [0, 0.1) is 11.8 Å². The van der Waals surface area contributed by atoms with Crippen LogP contribution in [0.25, 0.3) is 0 Å². The zero-order chi connectivity index (χ0) is 15.1. The summed E-state index contributed by atoms with van der Waals surface area (Å²) in [5.74, 6) is 0.879. The van der Waals surface area contributed by atoms with Crippen LogP contribution in [0.5, 0.6) is 0 Å². The van der Waals surface area contributed by atoms with E-state index < -0.39 is 5.54 Å². The highest BCUT2D eigenvalue weighted by Crippen LogP contribution is 2.37. The van der Waals surface area contributed by atoms with Crippen molar-refractivity contribution in [2.24, 2.45) is 11.8 Å². The Labute approximate surface area is 121 Å². The van der Waals surface area contributed by atoms with Gasteiger partial charge in [-0.15, -0.1) is 0 Å². The minimum Gasteiger partial charge on any atom is -0.305 e. The fourth-order valence-electron chi connectivity index (χ4n) is 3.82. The lowest BCUT2D eigenvalue weighted by molar-refractivity contribution is -0.146. The van der Waals surface area contributed by atoms with Crippen LogP contribution in [0.3, 0.4) is 0 Å². The van der Waals surface area contributed by atoms with E-state index in [0.29, 0.717) is 12.5 Å². The van der Waals surface area contributed by atoms with Gasteiger partial charge in [0.2, 0.25) is 0 Å². The molecule has 3 unspecified atom stereocenters. The van der Waals surface area contributed by atoms with Gasteiger partial charge in [0, 0.05) is 19.0 Å². The van der Waals surface area contributed by atoms with Gasteiger partial charge in [0.15, 0.2) is 5.78 Å². The van der Waals surface area contributed by atoms with Gasteiger partial charge in [-0.1, -0.05) is 20.8 Å². The number of ketones is 1. The van der Waals surface area contributed by atoms with Gasteiger partial charge in [-0.2, -0.15) is 0 Å². The number of rotatable bonds is 5. The van der Waals surface area contributed by atoms with Crippen molar-refractivity contribution in [1.29, 1.82) is 0 Å². The number of amides is 1. The average molecular weight is 281 g/mol.